The average Bonchev–Trinajstić information content (AvgIpc) is 2.30. The van der Waals surface area contributed by atoms with E-state index in [1.807, 2.05) is 19.1 Å². The zero-order valence-electron chi connectivity index (χ0n) is 10.1. The van der Waals surface area contributed by atoms with Crippen molar-refractivity contribution in [1.29, 1.82) is 0 Å². The number of nitrogens with two attached hydrogens (primary N) is 1. The molecule has 0 bridgehead atoms. The molecule has 0 saturated heterocycles. The molecule has 1 rings (SSSR count). The number of carbonyl (C=O) groups excluding carboxylic acids is 1. The third kappa shape index (κ3) is 4.32. The normalized spacial score (nSPS) is 11.9. The summed E-state index contributed by atoms with van der Waals surface area (Å²) in [5.41, 5.74) is 5.18. The van der Waals surface area contributed by atoms with Crippen LogP contribution in [-0.2, 0) is 4.79 Å². The third-order valence-corrected chi connectivity index (χ3v) is 2.23. The first-order chi connectivity index (χ1) is 8.17. The zero-order valence-corrected chi connectivity index (χ0v) is 10.1. The van der Waals surface area contributed by atoms with Gasteiger partial charge in [0, 0.05) is 6.07 Å². The van der Waals surface area contributed by atoms with Gasteiger partial charge < -0.3 is 20.5 Å². The van der Waals surface area contributed by atoms with Crippen LogP contribution >= 0.6 is 0 Å². The van der Waals surface area contributed by atoms with E-state index in [2.05, 4.69) is 5.32 Å². The molecule has 0 heterocycles. The maximum Gasteiger partial charge on any atom is 0.238 e. The van der Waals surface area contributed by atoms with Gasteiger partial charge in [-0.05, 0) is 26.1 Å². The molecule has 17 heavy (non-hydrogen) atoms. The first kappa shape index (κ1) is 13.3. The zero-order chi connectivity index (χ0) is 12.7. The van der Waals surface area contributed by atoms with Crippen molar-refractivity contribution in [2.24, 2.45) is 5.73 Å². The maximum absolute atomic E-state index is 11.0. The Labute approximate surface area is 101 Å². The molecule has 0 saturated carbocycles. The van der Waals surface area contributed by atoms with Crippen molar-refractivity contribution in [2.75, 3.05) is 20.3 Å². The number of hydrogen-bond acceptors (Lipinski definition) is 4. The minimum absolute atomic E-state index is 0.196. The van der Waals surface area contributed by atoms with E-state index >= 15 is 0 Å². The molecule has 0 spiro atoms. The molecule has 0 fully saturated rings. The topological polar surface area (TPSA) is 73.6 Å². The van der Waals surface area contributed by atoms with Gasteiger partial charge in [-0.3, -0.25) is 4.79 Å². The molecule has 0 aromatic heterocycles. The van der Waals surface area contributed by atoms with Crippen molar-refractivity contribution in [3.05, 3.63) is 24.3 Å². The Kier molecular flexibility index (Phi) is 5.29. The molecule has 0 aliphatic heterocycles. The lowest BCUT2D eigenvalue weighted by Crippen LogP contribution is -2.43. The summed E-state index contributed by atoms with van der Waals surface area (Å²) < 4.78 is 10.8. The minimum atomic E-state index is -0.495. The molecule has 5 nitrogen and oxygen atoms in total. The molecule has 0 aliphatic rings. The molecule has 1 amide bonds. The maximum atomic E-state index is 11.0. The summed E-state index contributed by atoms with van der Waals surface area (Å²) in [5, 5.41) is 2.78. The monoisotopic (exact) mass is 238 g/mol. The van der Waals surface area contributed by atoms with Gasteiger partial charge in [-0.1, -0.05) is 6.07 Å². The third-order valence-electron chi connectivity index (χ3n) is 2.23. The number of benzene rings is 1. The van der Waals surface area contributed by atoms with Gasteiger partial charge >= 0.3 is 0 Å². The van der Waals surface area contributed by atoms with E-state index in [0.717, 1.165) is 5.75 Å². The molecule has 1 aromatic carbocycles. The van der Waals surface area contributed by atoms with Crippen LogP contribution in [-0.4, -0.2) is 32.2 Å². The summed E-state index contributed by atoms with van der Waals surface area (Å²) in [7, 11) is 1.66. The second-order valence-corrected chi connectivity index (χ2v) is 3.46. The van der Waals surface area contributed by atoms with E-state index in [9.17, 15) is 4.79 Å². The fraction of sp³-hybridized carbons (Fsp3) is 0.417. The molecule has 1 atom stereocenters. The van der Waals surface area contributed by atoms with Crippen molar-refractivity contribution in [3.8, 4) is 11.5 Å². The van der Waals surface area contributed by atoms with E-state index in [0.29, 0.717) is 12.4 Å². The average molecular weight is 238 g/mol. The molecular weight excluding hydrogens is 220 g/mol. The number of primary amides is 1. The quantitative estimate of drug-likeness (QED) is 0.727. The number of hydrogen-bond donors (Lipinski definition) is 2. The summed E-state index contributed by atoms with van der Waals surface area (Å²) in [6.07, 6.45) is 0. The minimum Gasteiger partial charge on any atom is -0.494 e. The van der Waals surface area contributed by atoms with E-state index in [4.69, 9.17) is 15.2 Å². The molecule has 3 N–H and O–H groups in total. The number of likely N-dealkylation sites (N-methyl/N-ethyl adjacent to an activating group) is 1. The van der Waals surface area contributed by atoms with Crippen LogP contribution in [0.5, 0.6) is 11.5 Å². The Bertz CT molecular complexity index is 369. The fourth-order valence-corrected chi connectivity index (χ4v) is 1.31. The van der Waals surface area contributed by atoms with Gasteiger partial charge in [-0.15, -0.1) is 0 Å². The van der Waals surface area contributed by atoms with Gasteiger partial charge in [0.2, 0.25) is 5.91 Å². The van der Waals surface area contributed by atoms with Crippen molar-refractivity contribution in [2.45, 2.75) is 13.0 Å². The van der Waals surface area contributed by atoms with Crippen molar-refractivity contribution >= 4 is 5.91 Å². The fourth-order valence-electron chi connectivity index (χ4n) is 1.31. The van der Waals surface area contributed by atoms with Gasteiger partial charge in [-0.25, -0.2) is 0 Å². The Hall–Kier alpha value is -1.75. The molecule has 5 heteroatoms. The van der Waals surface area contributed by atoms with E-state index in [1.54, 1.807) is 19.2 Å². The Morgan fingerprint density at radius 3 is 2.59 bits per heavy atom. The molecule has 94 valence electrons. The van der Waals surface area contributed by atoms with Gasteiger partial charge in [0.05, 0.1) is 6.61 Å². The summed E-state index contributed by atoms with van der Waals surface area (Å²) in [6, 6.07) is 6.76. The van der Waals surface area contributed by atoms with Crippen LogP contribution in [0.1, 0.15) is 6.92 Å². The second-order valence-electron chi connectivity index (χ2n) is 3.46. The number of nitrogens with one attached hydrogen (secondary N) is 1. The van der Waals surface area contributed by atoms with Crippen molar-refractivity contribution in [1.82, 2.24) is 5.32 Å². The first-order valence-corrected chi connectivity index (χ1v) is 5.49. The van der Waals surface area contributed by atoms with Gasteiger partial charge in [0.1, 0.15) is 24.1 Å². The Balaban J connectivity index is 2.56. The highest BCUT2D eigenvalue weighted by atomic mass is 16.5. The van der Waals surface area contributed by atoms with Crippen LogP contribution in [0.3, 0.4) is 0 Å². The molecule has 1 unspecified atom stereocenters. The SMILES string of the molecule is CCOc1cccc(OCC(NC)C(N)=O)c1. The van der Waals surface area contributed by atoms with Crippen LogP contribution in [0.4, 0.5) is 0 Å². The Morgan fingerprint density at radius 2 is 2.06 bits per heavy atom. The van der Waals surface area contributed by atoms with Crippen LogP contribution in [0.15, 0.2) is 24.3 Å². The van der Waals surface area contributed by atoms with Crippen molar-refractivity contribution in [3.63, 3.8) is 0 Å². The van der Waals surface area contributed by atoms with Crippen molar-refractivity contribution < 1.29 is 14.3 Å². The molecule has 0 aliphatic carbocycles. The molecule has 0 radical (unpaired) electrons. The number of carbonyl (C=O) groups is 1. The van der Waals surface area contributed by atoms with Gasteiger partial charge in [-0.2, -0.15) is 0 Å². The molecule has 1 aromatic rings. The van der Waals surface area contributed by atoms with Gasteiger partial charge in [0.15, 0.2) is 0 Å². The highest BCUT2D eigenvalue weighted by Crippen LogP contribution is 2.19. The lowest BCUT2D eigenvalue weighted by molar-refractivity contribution is -0.120. The summed E-state index contributed by atoms with van der Waals surface area (Å²) in [5.74, 6) is 0.955. The lowest BCUT2D eigenvalue weighted by atomic mass is 10.3. The van der Waals surface area contributed by atoms with Gasteiger partial charge in [0.25, 0.3) is 0 Å². The van der Waals surface area contributed by atoms with Crippen LogP contribution < -0.4 is 20.5 Å². The van der Waals surface area contributed by atoms with Crippen LogP contribution in [0.25, 0.3) is 0 Å². The number of rotatable bonds is 7. The predicted octanol–water partition coefficient (Wildman–Crippen LogP) is 0.537. The summed E-state index contributed by atoms with van der Waals surface area (Å²) in [6.45, 7) is 2.71. The first-order valence-electron chi connectivity index (χ1n) is 5.49. The largest absolute Gasteiger partial charge is 0.494 e. The summed E-state index contributed by atoms with van der Waals surface area (Å²) in [4.78, 5) is 11.0. The van der Waals surface area contributed by atoms with E-state index < -0.39 is 11.9 Å². The second kappa shape index (κ2) is 6.75. The highest BCUT2D eigenvalue weighted by Gasteiger charge is 2.13. The molecular formula is C12H18N2O3. The number of amides is 1. The predicted molar refractivity (Wildman–Crippen MR) is 65.1 cm³/mol. The van der Waals surface area contributed by atoms with E-state index in [-0.39, 0.29) is 6.61 Å². The standard InChI is InChI=1S/C12H18N2O3/c1-3-16-9-5-4-6-10(7-9)17-8-11(14-2)12(13)15/h4-7,11,14H,3,8H2,1-2H3,(H2,13,15). The summed E-state index contributed by atoms with van der Waals surface area (Å²) >= 11 is 0. The van der Waals surface area contributed by atoms with E-state index in [1.165, 1.54) is 0 Å². The lowest BCUT2D eigenvalue weighted by Gasteiger charge is -2.14. The highest BCUT2D eigenvalue weighted by molar-refractivity contribution is 5.79. The van der Waals surface area contributed by atoms with Crippen LogP contribution in [0, 0.1) is 0 Å². The van der Waals surface area contributed by atoms with Crippen LogP contribution in [0.2, 0.25) is 0 Å². The smallest absolute Gasteiger partial charge is 0.238 e. The Morgan fingerprint density at radius 1 is 1.41 bits per heavy atom. The number of ether oxygens (including phenoxy) is 2.